The number of amides is 2. The molecule has 0 fully saturated rings. The topological polar surface area (TPSA) is 76.7 Å². The van der Waals surface area contributed by atoms with E-state index in [9.17, 15) is 9.59 Å². The lowest BCUT2D eigenvalue weighted by Crippen LogP contribution is -2.45. The second kappa shape index (κ2) is 9.23. The summed E-state index contributed by atoms with van der Waals surface area (Å²) in [6.07, 6.45) is 0. The molecular weight excluding hydrogens is 424 g/mol. The van der Waals surface area contributed by atoms with Crippen LogP contribution in [0.2, 0.25) is 0 Å². The molecule has 6 nitrogen and oxygen atoms in total. The van der Waals surface area contributed by atoms with Crippen LogP contribution in [0.3, 0.4) is 0 Å². The number of fused-ring (bicyclic) bond motifs is 1. The van der Waals surface area contributed by atoms with Crippen LogP contribution in [-0.4, -0.2) is 25.0 Å². The summed E-state index contributed by atoms with van der Waals surface area (Å²) < 4.78 is 11.9. The number of hydrogen-bond donors (Lipinski definition) is 2. The first-order valence-corrected chi connectivity index (χ1v) is 9.39. The molecule has 0 saturated heterocycles. The highest BCUT2D eigenvalue weighted by Crippen LogP contribution is 2.25. The van der Waals surface area contributed by atoms with Gasteiger partial charge in [-0.15, -0.1) is 0 Å². The van der Waals surface area contributed by atoms with Crippen LogP contribution in [0, 0.1) is 6.92 Å². The molecule has 0 bridgehead atoms. The van der Waals surface area contributed by atoms with E-state index in [4.69, 9.17) is 9.47 Å². The molecule has 0 aliphatic rings. The fourth-order valence-electron chi connectivity index (χ4n) is 2.59. The normalized spacial score (nSPS) is 10.4. The van der Waals surface area contributed by atoms with Crippen LogP contribution in [0.1, 0.15) is 5.56 Å². The van der Waals surface area contributed by atoms with E-state index in [1.54, 1.807) is 12.1 Å². The molecule has 0 radical (unpaired) electrons. The van der Waals surface area contributed by atoms with Crippen molar-refractivity contribution in [2.75, 3.05) is 13.2 Å². The highest BCUT2D eigenvalue weighted by atomic mass is 79.9. The van der Waals surface area contributed by atoms with Gasteiger partial charge in [-0.3, -0.25) is 20.4 Å². The summed E-state index contributed by atoms with van der Waals surface area (Å²) in [4.78, 5) is 23.8. The van der Waals surface area contributed by atoms with Crippen LogP contribution >= 0.6 is 15.9 Å². The predicted molar refractivity (Wildman–Crippen MR) is 110 cm³/mol. The first-order valence-electron chi connectivity index (χ1n) is 8.60. The number of aryl methyl sites for hydroxylation is 1. The molecule has 3 rings (SSSR count). The van der Waals surface area contributed by atoms with Crippen LogP contribution in [0.4, 0.5) is 0 Å². The van der Waals surface area contributed by atoms with Gasteiger partial charge in [0.15, 0.2) is 13.2 Å². The van der Waals surface area contributed by atoms with E-state index < -0.39 is 11.8 Å². The second-order valence-electron chi connectivity index (χ2n) is 6.06. The fourth-order valence-corrected chi connectivity index (χ4v) is 3.07. The van der Waals surface area contributed by atoms with Gasteiger partial charge in [0.25, 0.3) is 11.8 Å². The van der Waals surface area contributed by atoms with Crippen molar-refractivity contribution in [3.05, 3.63) is 70.7 Å². The van der Waals surface area contributed by atoms with Crippen molar-refractivity contribution in [3.8, 4) is 11.5 Å². The largest absolute Gasteiger partial charge is 0.483 e. The maximum atomic E-state index is 11.9. The minimum atomic E-state index is -0.471. The van der Waals surface area contributed by atoms with Gasteiger partial charge in [-0.1, -0.05) is 52.3 Å². The van der Waals surface area contributed by atoms with Gasteiger partial charge in [0.1, 0.15) is 11.5 Å². The number of hydrazine groups is 1. The average molecular weight is 443 g/mol. The van der Waals surface area contributed by atoms with Crippen LogP contribution in [0.15, 0.2) is 65.1 Å². The second-order valence-corrected chi connectivity index (χ2v) is 6.98. The molecule has 0 aromatic heterocycles. The van der Waals surface area contributed by atoms with Crippen molar-refractivity contribution >= 4 is 38.5 Å². The Morgan fingerprint density at radius 2 is 1.50 bits per heavy atom. The smallest absolute Gasteiger partial charge is 0.276 e. The summed E-state index contributed by atoms with van der Waals surface area (Å²) in [7, 11) is 0. The predicted octanol–water partition coefficient (Wildman–Crippen LogP) is 3.52. The maximum Gasteiger partial charge on any atom is 0.276 e. The molecular formula is C21H19BrN2O4. The van der Waals surface area contributed by atoms with Gasteiger partial charge in [0, 0.05) is 9.86 Å². The van der Waals surface area contributed by atoms with Crippen LogP contribution in [0.5, 0.6) is 11.5 Å². The van der Waals surface area contributed by atoms with Gasteiger partial charge in [-0.2, -0.15) is 0 Å². The molecule has 2 N–H and O–H groups in total. The Bertz CT molecular complexity index is 1000. The lowest BCUT2D eigenvalue weighted by Gasteiger charge is -2.12. The summed E-state index contributed by atoms with van der Waals surface area (Å²) in [5.74, 6) is 0.263. The fraction of sp³-hybridized carbons (Fsp3) is 0.143. The van der Waals surface area contributed by atoms with E-state index in [0.29, 0.717) is 11.5 Å². The van der Waals surface area contributed by atoms with E-state index >= 15 is 0 Å². The number of carbonyl (C=O) groups excluding carboxylic acids is 2. The number of ether oxygens (including phenoxy) is 2. The zero-order valence-electron chi connectivity index (χ0n) is 15.2. The van der Waals surface area contributed by atoms with Gasteiger partial charge in [-0.25, -0.2) is 0 Å². The SMILES string of the molecule is Cc1cc(Br)ccc1OCC(=O)NNC(=O)COc1cccc2ccccc12. The van der Waals surface area contributed by atoms with E-state index in [1.165, 1.54) is 0 Å². The molecule has 3 aromatic carbocycles. The molecule has 28 heavy (non-hydrogen) atoms. The van der Waals surface area contributed by atoms with Crippen LogP contribution < -0.4 is 20.3 Å². The molecule has 7 heteroatoms. The lowest BCUT2D eigenvalue weighted by atomic mass is 10.1. The third kappa shape index (κ3) is 5.23. The van der Waals surface area contributed by atoms with Gasteiger partial charge in [-0.05, 0) is 42.1 Å². The molecule has 0 saturated carbocycles. The Kier molecular flexibility index (Phi) is 6.49. The molecule has 0 aliphatic carbocycles. The van der Waals surface area contributed by atoms with Gasteiger partial charge in [0.2, 0.25) is 0 Å². The third-order valence-electron chi connectivity index (χ3n) is 3.95. The third-order valence-corrected chi connectivity index (χ3v) is 4.44. The Balaban J connectivity index is 1.44. The number of benzene rings is 3. The maximum absolute atomic E-state index is 11.9. The summed E-state index contributed by atoms with van der Waals surface area (Å²) in [6, 6.07) is 18.8. The van der Waals surface area contributed by atoms with Gasteiger partial charge >= 0.3 is 0 Å². The number of halogens is 1. The average Bonchev–Trinajstić information content (AvgIpc) is 2.70. The standard InChI is InChI=1S/C21H19BrN2O4/c1-14-11-16(22)9-10-18(14)27-12-20(25)23-24-21(26)13-28-19-8-4-6-15-5-2-3-7-17(15)19/h2-11H,12-13H2,1H3,(H,23,25)(H,24,26). The van der Waals surface area contributed by atoms with E-state index in [0.717, 1.165) is 20.8 Å². The summed E-state index contributed by atoms with van der Waals surface area (Å²) in [6.45, 7) is 1.44. The Labute approximate surface area is 170 Å². The van der Waals surface area contributed by atoms with Gasteiger partial charge in [0.05, 0.1) is 0 Å². The summed E-state index contributed by atoms with van der Waals surface area (Å²) in [5, 5.41) is 1.94. The Hall–Kier alpha value is -3.06. The molecule has 0 spiro atoms. The van der Waals surface area contributed by atoms with E-state index in [2.05, 4.69) is 26.8 Å². The van der Waals surface area contributed by atoms with Crippen molar-refractivity contribution in [2.24, 2.45) is 0 Å². The summed E-state index contributed by atoms with van der Waals surface area (Å²) >= 11 is 3.37. The molecule has 0 atom stereocenters. The van der Waals surface area contributed by atoms with Crippen molar-refractivity contribution in [2.45, 2.75) is 6.92 Å². The Morgan fingerprint density at radius 3 is 2.21 bits per heavy atom. The first-order chi connectivity index (χ1) is 13.5. The van der Waals surface area contributed by atoms with Crippen LogP contribution in [0.25, 0.3) is 10.8 Å². The molecule has 3 aromatic rings. The highest BCUT2D eigenvalue weighted by molar-refractivity contribution is 9.10. The van der Waals surface area contributed by atoms with E-state index in [-0.39, 0.29) is 13.2 Å². The van der Waals surface area contributed by atoms with Crippen molar-refractivity contribution in [3.63, 3.8) is 0 Å². The number of hydrogen-bond acceptors (Lipinski definition) is 4. The summed E-state index contributed by atoms with van der Waals surface area (Å²) in [5.41, 5.74) is 5.51. The molecule has 0 heterocycles. The first kappa shape index (κ1) is 19.7. The molecule has 0 unspecified atom stereocenters. The molecule has 2 amide bonds. The van der Waals surface area contributed by atoms with Crippen molar-refractivity contribution in [1.29, 1.82) is 0 Å². The number of rotatable bonds is 6. The van der Waals surface area contributed by atoms with Crippen molar-refractivity contribution in [1.82, 2.24) is 10.9 Å². The minimum absolute atomic E-state index is 0.215. The quantitative estimate of drug-likeness (QED) is 0.572. The van der Waals surface area contributed by atoms with Gasteiger partial charge < -0.3 is 9.47 Å². The lowest BCUT2D eigenvalue weighted by molar-refractivity contribution is -0.130. The minimum Gasteiger partial charge on any atom is -0.483 e. The molecule has 0 aliphatic heterocycles. The monoisotopic (exact) mass is 442 g/mol. The molecule has 144 valence electrons. The Morgan fingerprint density at radius 1 is 0.857 bits per heavy atom. The van der Waals surface area contributed by atoms with Crippen molar-refractivity contribution < 1.29 is 19.1 Å². The number of nitrogens with one attached hydrogen (secondary N) is 2. The number of carbonyl (C=O) groups is 2. The zero-order chi connectivity index (χ0) is 19.9. The zero-order valence-corrected chi connectivity index (χ0v) is 16.8. The van der Waals surface area contributed by atoms with E-state index in [1.807, 2.05) is 55.5 Å². The van der Waals surface area contributed by atoms with Crippen LogP contribution in [-0.2, 0) is 9.59 Å². The highest BCUT2D eigenvalue weighted by Gasteiger charge is 2.09.